The number of nitrogens with two attached hydrogens (primary N) is 1. The molecule has 0 spiro atoms. The summed E-state index contributed by atoms with van der Waals surface area (Å²) in [6.45, 7) is 0. The van der Waals surface area contributed by atoms with Gasteiger partial charge in [0.2, 0.25) is 0 Å². The molecule has 2 amide bonds. The lowest BCUT2D eigenvalue weighted by Crippen LogP contribution is -2.35. The van der Waals surface area contributed by atoms with Gasteiger partial charge in [0.05, 0.1) is 0 Å². The Morgan fingerprint density at radius 1 is 1.71 bits per heavy atom. The molecule has 0 aliphatic carbocycles. The van der Waals surface area contributed by atoms with Crippen LogP contribution in [0, 0.1) is 5.41 Å². The Labute approximate surface area is 40.2 Å². The summed E-state index contributed by atoms with van der Waals surface area (Å²) in [6, 6.07) is -1.06. The van der Waals surface area contributed by atoms with Crippen molar-refractivity contribution in [3.63, 3.8) is 0 Å². The maximum absolute atomic E-state index is 9.59. The van der Waals surface area contributed by atoms with E-state index in [1.54, 1.807) is 5.32 Å². The van der Waals surface area contributed by atoms with Gasteiger partial charge in [-0.1, -0.05) is 0 Å². The molecule has 0 fully saturated rings. The largest absolute Gasteiger partial charge is 0.370 e. The molecule has 39 valence electrons. The summed E-state index contributed by atoms with van der Waals surface area (Å²) >= 11 is 0. The van der Waals surface area contributed by atoms with Gasteiger partial charge in [-0.25, -0.2) is 10.5 Å². The molecule has 0 unspecified atom stereocenters. The highest BCUT2D eigenvalue weighted by Crippen LogP contribution is 1.51. The van der Waals surface area contributed by atoms with Crippen LogP contribution in [0.25, 0.3) is 0 Å². The number of guanidine groups is 1. The Kier molecular flexibility index (Phi) is 1.65. The topological polar surface area (TPSA) is 103 Å². The predicted molar refractivity (Wildman–Crippen MR) is 23.5 cm³/mol. The van der Waals surface area contributed by atoms with Crippen LogP contribution in [-0.4, -0.2) is 12.0 Å². The van der Waals surface area contributed by atoms with Crippen LogP contribution in [0.2, 0.25) is 0 Å². The van der Waals surface area contributed by atoms with E-state index in [-0.39, 0.29) is 0 Å². The summed E-state index contributed by atoms with van der Waals surface area (Å²) in [5.74, 6) is -0.500. The van der Waals surface area contributed by atoms with E-state index in [0.717, 1.165) is 0 Å². The van der Waals surface area contributed by atoms with Crippen molar-refractivity contribution in [2.24, 2.45) is 5.73 Å². The summed E-state index contributed by atoms with van der Waals surface area (Å²) < 4.78 is 0. The molecule has 0 aromatic rings. The lowest BCUT2D eigenvalue weighted by Gasteiger charge is -1.90. The molecule has 1 radical (unpaired) electrons. The van der Waals surface area contributed by atoms with E-state index < -0.39 is 12.0 Å². The number of urea groups is 1. The maximum Gasteiger partial charge on any atom is 0.340 e. The first-order valence-electron chi connectivity index (χ1n) is 1.49. The monoisotopic (exact) mass is 101 g/mol. The fraction of sp³-hybridized carbons (Fsp3) is 0. The zero-order valence-corrected chi connectivity index (χ0v) is 3.49. The fourth-order valence-electron chi connectivity index (χ4n) is 0.122. The molecule has 5 N–H and O–H groups in total. The van der Waals surface area contributed by atoms with Gasteiger partial charge >= 0.3 is 6.03 Å². The molecule has 5 nitrogen and oxygen atoms in total. The fourth-order valence-corrected chi connectivity index (χ4v) is 0.122. The molecule has 0 heterocycles. The lowest BCUT2D eigenvalue weighted by atomic mass is 10.9. The quantitative estimate of drug-likeness (QED) is 0.265. The number of carbonyl (C=O) groups is 1. The normalized spacial score (nSPS) is 7.43. The number of hydrogen-bond donors (Lipinski definition) is 3. The van der Waals surface area contributed by atoms with Gasteiger partial charge in [-0.2, -0.15) is 0 Å². The minimum absolute atomic E-state index is 0.500. The van der Waals surface area contributed by atoms with E-state index in [1.165, 1.54) is 0 Å². The van der Waals surface area contributed by atoms with Gasteiger partial charge in [-0.15, -0.1) is 0 Å². The van der Waals surface area contributed by atoms with Crippen LogP contribution in [0.15, 0.2) is 0 Å². The smallest absolute Gasteiger partial charge is 0.340 e. The Morgan fingerprint density at radius 2 is 2.14 bits per heavy atom. The van der Waals surface area contributed by atoms with Gasteiger partial charge in [0.1, 0.15) is 0 Å². The van der Waals surface area contributed by atoms with Gasteiger partial charge < -0.3 is 5.73 Å². The average Bonchev–Trinajstić information content (AvgIpc) is 1.27. The van der Waals surface area contributed by atoms with Gasteiger partial charge in [0.25, 0.3) is 0 Å². The van der Waals surface area contributed by atoms with E-state index in [9.17, 15) is 4.79 Å². The van der Waals surface area contributed by atoms with Crippen molar-refractivity contribution in [2.75, 3.05) is 0 Å². The van der Waals surface area contributed by atoms with Crippen LogP contribution in [-0.2, 0) is 0 Å². The number of amides is 2. The number of nitrogens with one attached hydrogen (secondary N) is 3. The second-order valence-corrected chi connectivity index (χ2v) is 0.868. The molecule has 0 saturated carbocycles. The van der Waals surface area contributed by atoms with Crippen LogP contribution in [0.1, 0.15) is 0 Å². The minimum atomic E-state index is -1.06. The zero-order chi connectivity index (χ0) is 5.86. The van der Waals surface area contributed by atoms with E-state index in [4.69, 9.17) is 11.1 Å². The Balaban J connectivity index is 3.32. The molecule has 0 aliphatic heterocycles. The Bertz CT molecular complexity index is 85.9. The summed E-state index contributed by atoms with van der Waals surface area (Å²) in [4.78, 5) is 9.59. The van der Waals surface area contributed by atoms with Crippen molar-refractivity contribution in [3.8, 4) is 0 Å². The average molecular weight is 101 g/mol. The van der Waals surface area contributed by atoms with Crippen LogP contribution in [0.5, 0.6) is 0 Å². The highest BCUT2D eigenvalue weighted by Gasteiger charge is 1.89. The van der Waals surface area contributed by atoms with E-state index >= 15 is 0 Å². The van der Waals surface area contributed by atoms with Crippen molar-refractivity contribution in [2.45, 2.75) is 0 Å². The van der Waals surface area contributed by atoms with Crippen molar-refractivity contribution in [1.29, 1.82) is 5.41 Å². The SMILES string of the molecule is [NH]C(=O)NC(=N)N. The van der Waals surface area contributed by atoms with Crippen molar-refractivity contribution >= 4 is 12.0 Å². The number of hydrogen-bond acceptors (Lipinski definition) is 2. The van der Waals surface area contributed by atoms with E-state index in [1.807, 2.05) is 0 Å². The van der Waals surface area contributed by atoms with Gasteiger partial charge in [-0.3, -0.25) is 10.7 Å². The zero-order valence-electron chi connectivity index (χ0n) is 3.49. The number of rotatable bonds is 0. The summed E-state index contributed by atoms with van der Waals surface area (Å²) in [5.41, 5.74) is 10.8. The Hall–Kier alpha value is -1.26. The van der Waals surface area contributed by atoms with E-state index in [2.05, 4.69) is 5.73 Å². The van der Waals surface area contributed by atoms with Crippen molar-refractivity contribution in [3.05, 3.63) is 0 Å². The first-order valence-corrected chi connectivity index (χ1v) is 1.49. The van der Waals surface area contributed by atoms with Crippen molar-refractivity contribution < 1.29 is 4.79 Å². The van der Waals surface area contributed by atoms with E-state index in [0.29, 0.717) is 0 Å². The second kappa shape index (κ2) is 2.01. The standard InChI is InChI=1S/C2H5N4O/c3-1(4)6-2(5)7/h5H,(H4,3,4,6,7). The van der Waals surface area contributed by atoms with Crippen molar-refractivity contribution in [1.82, 2.24) is 11.1 Å². The molecule has 5 heteroatoms. The molecule has 0 aromatic carbocycles. The third-order valence-electron chi connectivity index (χ3n) is 0.248. The van der Waals surface area contributed by atoms with Gasteiger partial charge in [0.15, 0.2) is 5.96 Å². The first-order chi connectivity index (χ1) is 3.13. The molecule has 0 saturated heterocycles. The van der Waals surface area contributed by atoms with Crippen LogP contribution in [0.3, 0.4) is 0 Å². The molecule has 0 aliphatic rings. The Morgan fingerprint density at radius 3 is 2.14 bits per heavy atom. The molecule has 7 heavy (non-hydrogen) atoms. The van der Waals surface area contributed by atoms with Gasteiger partial charge in [0, 0.05) is 0 Å². The number of carbonyl (C=O) groups excluding carboxylic acids is 1. The first kappa shape index (κ1) is 5.74. The molecule has 0 bridgehead atoms. The third-order valence-corrected chi connectivity index (χ3v) is 0.248. The van der Waals surface area contributed by atoms with Crippen LogP contribution >= 0.6 is 0 Å². The van der Waals surface area contributed by atoms with Crippen LogP contribution < -0.4 is 16.8 Å². The molecule has 0 rings (SSSR count). The second-order valence-electron chi connectivity index (χ2n) is 0.868. The summed E-state index contributed by atoms with van der Waals surface area (Å²) in [7, 11) is 0. The lowest BCUT2D eigenvalue weighted by molar-refractivity contribution is 0.252. The third kappa shape index (κ3) is 4.74. The van der Waals surface area contributed by atoms with Gasteiger partial charge in [-0.05, 0) is 0 Å². The maximum atomic E-state index is 9.59. The molecular weight excluding hydrogens is 96.0 g/mol. The predicted octanol–water partition coefficient (Wildman–Crippen LogP) is -1.13. The highest BCUT2D eigenvalue weighted by atomic mass is 16.2. The summed E-state index contributed by atoms with van der Waals surface area (Å²) in [6.07, 6.45) is 0. The minimum Gasteiger partial charge on any atom is -0.370 e. The molecule has 0 atom stereocenters. The highest BCUT2D eigenvalue weighted by molar-refractivity contribution is 5.92. The molecular formula is C2H5N4O. The summed E-state index contributed by atoms with van der Waals surface area (Å²) in [5, 5.41) is 8.04. The molecule has 0 aromatic heterocycles. The van der Waals surface area contributed by atoms with Crippen LogP contribution in [0.4, 0.5) is 4.79 Å².